The summed E-state index contributed by atoms with van der Waals surface area (Å²) in [6, 6.07) is 15.8. The van der Waals surface area contributed by atoms with Crippen LogP contribution in [-0.4, -0.2) is 17.9 Å². The molecule has 0 fully saturated rings. The van der Waals surface area contributed by atoms with Crippen molar-refractivity contribution in [1.82, 2.24) is 5.32 Å². The zero-order valence-electron chi connectivity index (χ0n) is 15.1. The Kier molecular flexibility index (Phi) is 8.82. The Hall–Kier alpha value is -2.37. The molecule has 2 aromatic carbocycles. The number of nitrogens with one attached hydrogen (secondary N) is 2. The molecule has 0 spiro atoms. The summed E-state index contributed by atoms with van der Waals surface area (Å²) >= 11 is 0. The van der Waals surface area contributed by atoms with Crippen molar-refractivity contribution >= 4 is 29.9 Å². The summed E-state index contributed by atoms with van der Waals surface area (Å²) in [6.07, 6.45) is 1.52. The smallest absolute Gasteiger partial charge is 0.255 e. The van der Waals surface area contributed by atoms with Crippen LogP contribution >= 0.6 is 12.4 Å². The quantitative estimate of drug-likeness (QED) is 0.690. The Bertz CT molecular complexity index is 722. The van der Waals surface area contributed by atoms with Crippen LogP contribution in [0.3, 0.4) is 0 Å². The van der Waals surface area contributed by atoms with Crippen LogP contribution < -0.4 is 16.4 Å². The molecule has 0 radical (unpaired) electrons. The van der Waals surface area contributed by atoms with Crippen LogP contribution in [-0.2, 0) is 4.79 Å². The lowest BCUT2D eigenvalue weighted by Gasteiger charge is -2.18. The second-order valence-corrected chi connectivity index (χ2v) is 6.07. The fourth-order valence-corrected chi connectivity index (χ4v) is 2.52. The van der Waals surface area contributed by atoms with Crippen molar-refractivity contribution in [2.75, 3.05) is 5.32 Å². The highest BCUT2D eigenvalue weighted by atomic mass is 35.5. The molecule has 0 aliphatic rings. The summed E-state index contributed by atoms with van der Waals surface area (Å²) in [6.45, 7) is 3.89. The first-order valence-electron chi connectivity index (χ1n) is 8.53. The molecular weight excluding hydrogens is 350 g/mol. The van der Waals surface area contributed by atoms with E-state index in [1.807, 2.05) is 56.3 Å². The molecule has 0 aromatic heterocycles. The first kappa shape index (κ1) is 21.7. The maximum absolute atomic E-state index is 12.2. The summed E-state index contributed by atoms with van der Waals surface area (Å²) in [4.78, 5) is 24.3. The van der Waals surface area contributed by atoms with Crippen molar-refractivity contribution in [2.45, 2.75) is 38.8 Å². The maximum atomic E-state index is 12.2. The molecule has 0 aliphatic heterocycles. The van der Waals surface area contributed by atoms with Gasteiger partial charge in [-0.2, -0.15) is 0 Å². The third-order valence-electron chi connectivity index (χ3n) is 3.98. The maximum Gasteiger partial charge on any atom is 0.255 e. The highest BCUT2D eigenvalue weighted by Gasteiger charge is 2.16. The Morgan fingerprint density at radius 3 is 2.42 bits per heavy atom. The lowest BCUT2D eigenvalue weighted by atomic mass is 10.1. The van der Waals surface area contributed by atoms with Gasteiger partial charge in [0, 0.05) is 11.3 Å². The van der Waals surface area contributed by atoms with Crippen LogP contribution in [0.1, 0.15) is 48.7 Å². The number of carbonyl (C=O) groups is 2. The van der Waals surface area contributed by atoms with Crippen molar-refractivity contribution in [3.8, 4) is 0 Å². The van der Waals surface area contributed by atoms with Crippen molar-refractivity contribution in [3.63, 3.8) is 0 Å². The molecule has 0 heterocycles. The molecule has 2 rings (SSSR count). The van der Waals surface area contributed by atoms with E-state index in [4.69, 9.17) is 5.73 Å². The van der Waals surface area contributed by atoms with Gasteiger partial charge in [-0.05, 0) is 43.2 Å². The summed E-state index contributed by atoms with van der Waals surface area (Å²) in [5, 5.41) is 5.79. The number of nitrogens with two attached hydrogens (primary N) is 1. The summed E-state index contributed by atoms with van der Waals surface area (Å²) in [5.41, 5.74) is 8.03. The number of carbonyl (C=O) groups excluding carboxylic acids is 2. The Balaban J connectivity index is 0.00000338. The van der Waals surface area contributed by atoms with Gasteiger partial charge in [0.1, 0.15) is 0 Å². The van der Waals surface area contributed by atoms with Crippen LogP contribution in [0.25, 0.3) is 0 Å². The minimum absolute atomic E-state index is 0. The molecule has 2 unspecified atom stereocenters. The van der Waals surface area contributed by atoms with Gasteiger partial charge in [-0.25, -0.2) is 0 Å². The van der Waals surface area contributed by atoms with Crippen molar-refractivity contribution in [3.05, 3.63) is 65.7 Å². The highest BCUT2D eigenvalue weighted by Crippen LogP contribution is 2.18. The topological polar surface area (TPSA) is 84.2 Å². The van der Waals surface area contributed by atoms with E-state index in [1.54, 1.807) is 12.1 Å². The first-order chi connectivity index (χ1) is 12.0. The number of amides is 2. The predicted octanol–water partition coefficient (Wildman–Crippen LogP) is 3.67. The van der Waals surface area contributed by atoms with E-state index < -0.39 is 6.04 Å². The molecule has 2 atom stereocenters. The third kappa shape index (κ3) is 6.17. The fourth-order valence-electron chi connectivity index (χ4n) is 2.52. The normalized spacial score (nSPS) is 12.4. The van der Waals surface area contributed by atoms with E-state index in [1.165, 1.54) is 0 Å². The molecule has 6 heteroatoms. The van der Waals surface area contributed by atoms with Gasteiger partial charge in [-0.1, -0.05) is 43.7 Å². The molecule has 0 bridgehead atoms. The lowest BCUT2D eigenvalue weighted by molar-refractivity contribution is -0.123. The summed E-state index contributed by atoms with van der Waals surface area (Å²) < 4.78 is 0. The molecule has 140 valence electrons. The largest absolute Gasteiger partial charge is 0.348 e. The number of benzene rings is 2. The van der Waals surface area contributed by atoms with Gasteiger partial charge in [-0.3, -0.25) is 9.59 Å². The van der Waals surface area contributed by atoms with Crippen LogP contribution in [0, 0.1) is 0 Å². The lowest BCUT2D eigenvalue weighted by Crippen LogP contribution is -2.41. The predicted molar refractivity (Wildman–Crippen MR) is 108 cm³/mol. The van der Waals surface area contributed by atoms with E-state index in [-0.39, 0.29) is 30.3 Å². The van der Waals surface area contributed by atoms with Gasteiger partial charge in [0.15, 0.2) is 0 Å². The zero-order chi connectivity index (χ0) is 18.2. The van der Waals surface area contributed by atoms with E-state index >= 15 is 0 Å². The summed E-state index contributed by atoms with van der Waals surface area (Å²) in [7, 11) is 0. The Labute approximate surface area is 160 Å². The second kappa shape index (κ2) is 10.6. The van der Waals surface area contributed by atoms with Gasteiger partial charge in [-0.15, -0.1) is 12.4 Å². The Morgan fingerprint density at radius 1 is 1.08 bits per heavy atom. The van der Waals surface area contributed by atoms with E-state index in [9.17, 15) is 9.59 Å². The zero-order valence-corrected chi connectivity index (χ0v) is 15.9. The van der Waals surface area contributed by atoms with E-state index in [2.05, 4.69) is 10.6 Å². The Morgan fingerprint density at radius 2 is 1.77 bits per heavy atom. The van der Waals surface area contributed by atoms with E-state index in [0.717, 1.165) is 12.0 Å². The van der Waals surface area contributed by atoms with Crippen LogP contribution in [0.2, 0.25) is 0 Å². The number of rotatable bonds is 7. The second-order valence-electron chi connectivity index (χ2n) is 6.07. The highest BCUT2D eigenvalue weighted by molar-refractivity contribution is 6.04. The number of hydrogen-bond acceptors (Lipinski definition) is 3. The number of hydrogen-bond donors (Lipinski definition) is 3. The fraction of sp³-hybridized carbons (Fsp3) is 0.300. The van der Waals surface area contributed by atoms with Crippen molar-refractivity contribution < 1.29 is 9.59 Å². The van der Waals surface area contributed by atoms with Crippen LogP contribution in [0.15, 0.2) is 54.6 Å². The minimum Gasteiger partial charge on any atom is -0.348 e. The van der Waals surface area contributed by atoms with Crippen molar-refractivity contribution in [2.24, 2.45) is 5.73 Å². The van der Waals surface area contributed by atoms with Crippen LogP contribution in [0.4, 0.5) is 5.69 Å². The minimum atomic E-state index is -0.492. The number of halogens is 1. The monoisotopic (exact) mass is 375 g/mol. The van der Waals surface area contributed by atoms with Gasteiger partial charge < -0.3 is 16.4 Å². The van der Waals surface area contributed by atoms with Gasteiger partial charge >= 0.3 is 0 Å². The average Bonchev–Trinajstić information content (AvgIpc) is 2.62. The molecule has 0 aliphatic carbocycles. The molecule has 0 saturated heterocycles. The van der Waals surface area contributed by atoms with Crippen molar-refractivity contribution in [1.29, 1.82) is 0 Å². The van der Waals surface area contributed by atoms with E-state index in [0.29, 0.717) is 17.7 Å². The molecule has 0 saturated carbocycles. The molecule has 2 aromatic rings. The SMILES string of the molecule is CCCC(N)C(=O)NC(C)c1cccc(NC(=O)c2ccccc2)c1.Cl. The third-order valence-corrected chi connectivity index (χ3v) is 3.98. The molecular formula is C20H26ClN3O2. The number of anilines is 1. The molecule has 2 amide bonds. The molecule has 26 heavy (non-hydrogen) atoms. The molecule has 4 N–H and O–H groups in total. The standard InChI is InChI=1S/C20H25N3O2.ClH/c1-3-8-18(21)20(25)22-14(2)16-11-7-12-17(13-16)23-19(24)15-9-5-4-6-10-15;/h4-7,9-14,18H,3,8,21H2,1-2H3,(H,22,25)(H,23,24);1H. The summed E-state index contributed by atoms with van der Waals surface area (Å²) in [5.74, 6) is -0.326. The van der Waals surface area contributed by atoms with Gasteiger partial charge in [0.25, 0.3) is 5.91 Å². The van der Waals surface area contributed by atoms with Crippen LogP contribution in [0.5, 0.6) is 0 Å². The first-order valence-corrected chi connectivity index (χ1v) is 8.53. The average molecular weight is 376 g/mol. The van der Waals surface area contributed by atoms with Gasteiger partial charge in [0.05, 0.1) is 12.1 Å². The van der Waals surface area contributed by atoms with Gasteiger partial charge in [0.2, 0.25) is 5.91 Å². The molecule has 5 nitrogen and oxygen atoms in total.